The van der Waals surface area contributed by atoms with Gasteiger partial charge in [-0.3, -0.25) is 0 Å². The number of halogens is 3. The summed E-state index contributed by atoms with van der Waals surface area (Å²) in [5.41, 5.74) is 2.35. The normalized spacial score (nSPS) is 17.0. The van der Waals surface area contributed by atoms with Crippen molar-refractivity contribution in [1.29, 1.82) is 0 Å². The van der Waals surface area contributed by atoms with Crippen LogP contribution in [0.1, 0.15) is 17.2 Å². The maximum absolute atomic E-state index is 13.1. The second kappa shape index (κ2) is 7.93. The van der Waals surface area contributed by atoms with E-state index in [1.54, 1.807) is 0 Å². The minimum absolute atomic E-state index is 0. The van der Waals surface area contributed by atoms with E-state index in [4.69, 9.17) is 0 Å². The van der Waals surface area contributed by atoms with Gasteiger partial charge in [-0.25, -0.2) is 17.5 Å². The summed E-state index contributed by atoms with van der Waals surface area (Å²) in [6.07, 6.45) is 0.933. The van der Waals surface area contributed by atoms with Gasteiger partial charge in [0, 0.05) is 17.1 Å². The summed E-state index contributed by atoms with van der Waals surface area (Å²) in [7, 11) is -3.71. The van der Waals surface area contributed by atoms with Gasteiger partial charge in [0.2, 0.25) is 10.0 Å². The highest BCUT2D eigenvalue weighted by Gasteiger charge is 2.23. The van der Waals surface area contributed by atoms with Crippen LogP contribution in [-0.2, 0) is 16.4 Å². The zero-order chi connectivity index (χ0) is 16.4. The maximum Gasteiger partial charge on any atom is 0.241 e. The second-order valence-electron chi connectivity index (χ2n) is 5.38. The Bertz CT molecular complexity index is 833. The fourth-order valence-corrected chi connectivity index (χ4v) is 4.83. The number of benzene rings is 2. The molecule has 1 aliphatic rings. The van der Waals surface area contributed by atoms with Crippen molar-refractivity contribution in [3.63, 3.8) is 0 Å². The first-order valence-electron chi connectivity index (χ1n) is 7.23. The molecule has 1 heterocycles. The first-order valence-corrected chi connectivity index (χ1v) is 9.51. The summed E-state index contributed by atoms with van der Waals surface area (Å²) in [6, 6.07) is 11.5. The van der Waals surface area contributed by atoms with Crippen LogP contribution in [0.25, 0.3) is 0 Å². The summed E-state index contributed by atoms with van der Waals surface area (Å²) in [6.45, 7) is 1.05. The first-order chi connectivity index (χ1) is 11.0. The zero-order valence-corrected chi connectivity index (χ0v) is 15.8. The average molecular weight is 436 g/mol. The van der Waals surface area contributed by atoms with Gasteiger partial charge < -0.3 is 5.32 Å². The van der Waals surface area contributed by atoms with Crippen LogP contribution in [0.3, 0.4) is 0 Å². The highest BCUT2D eigenvalue weighted by atomic mass is 79.9. The monoisotopic (exact) mass is 434 g/mol. The summed E-state index contributed by atoms with van der Waals surface area (Å²) < 4.78 is 40.8. The van der Waals surface area contributed by atoms with Crippen molar-refractivity contribution in [3.8, 4) is 0 Å². The molecule has 2 aromatic carbocycles. The molecule has 4 nitrogen and oxygen atoms in total. The Labute approximate surface area is 155 Å². The molecule has 0 aromatic heterocycles. The van der Waals surface area contributed by atoms with Crippen molar-refractivity contribution >= 4 is 38.4 Å². The first kappa shape index (κ1) is 19.3. The molecule has 0 amide bonds. The number of rotatable bonds is 4. The molecule has 24 heavy (non-hydrogen) atoms. The molecule has 0 aliphatic carbocycles. The van der Waals surface area contributed by atoms with E-state index in [1.807, 2.05) is 18.2 Å². The third-order valence-electron chi connectivity index (χ3n) is 3.88. The van der Waals surface area contributed by atoms with E-state index >= 15 is 0 Å². The molecule has 0 saturated carbocycles. The van der Waals surface area contributed by atoms with Crippen molar-refractivity contribution in [2.24, 2.45) is 0 Å². The molecule has 2 N–H and O–H groups in total. The quantitative estimate of drug-likeness (QED) is 0.775. The lowest BCUT2D eigenvalue weighted by atomic mass is 9.95. The number of sulfonamides is 1. The topological polar surface area (TPSA) is 58.2 Å². The standard InChI is InChI=1S/C16H16BrFN2O2S.ClH/c17-14-9-12(18)5-6-16(14)23(21,22)20-10-15-13-4-2-1-3-11(13)7-8-19-15;/h1-6,9,15,19-20H,7-8,10H2;1H. The van der Waals surface area contributed by atoms with Gasteiger partial charge in [0.1, 0.15) is 5.82 Å². The summed E-state index contributed by atoms with van der Waals surface area (Å²) in [5, 5.41) is 3.32. The molecular formula is C16H17BrClFN2O2S. The Morgan fingerprint density at radius 2 is 2.00 bits per heavy atom. The molecule has 0 spiro atoms. The van der Waals surface area contributed by atoms with Crippen molar-refractivity contribution < 1.29 is 12.8 Å². The Balaban J connectivity index is 0.00000208. The Hall–Kier alpha value is -0.990. The fourth-order valence-electron chi connectivity index (χ4n) is 2.74. The maximum atomic E-state index is 13.1. The van der Waals surface area contributed by atoms with Gasteiger partial charge >= 0.3 is 0 Å². The van der Waals surface area contributed by atoms with E-state index in [0.717, 1.165) is 30.7 Å². The predicted octanol–water partition coefficient (Wildman–Crippen LogP) is 3.18. The molecule has 3 rings (SSSR count). The van der Waals surface area contributed by atoms with E-state index in [-0.39, 0.29) is 34.4 Å². The molecule has 0 bridgehead atoms. The van der Waals surface area contributed by atoms with E-state index < -0.39 is 15.8 Å². The Kier molecular flexibility index (Phi) is 6.39. The van der Waals surface area contributed by atoms with Gasteiger partial charge in [-0.15, -0.1) is 12.4 Å². The van der Waals surface area contributed by atoms with E-state index in [9.17, 15) is 12.8 Å². The van der Waals surface area contributed by atoms with Gasteiger partial charge in [-0.05, 0) is 58.2 Å². The van der Waals surface area contributed by atoms with Crippen LogP contribution in [0.4, 0.5) is 4.39 Å². The molecule has 0 radical (unpaired) electrons. The van der Waals surface area contributed by atoms with Gasteiger partial charge in [0.25, 0.3) is 0 Å². The molecule has 8 heteroatoms. The lowest BCUT2D eigenvalue weighted by molar-refractivity contribution is 0.491. The third-order valence-corrected chi connectivity index (χ3v) is 6.28. The Morgan fingerprint density at radius 1 is 1.25 bits per heavy atom. The molecule has 2 aromatic rings. The second-order valence-corrected chi connectivity index (χ2v) is 7.97. The van der Waals surface area contributed by atoms with E-state index in [2.05, 4.69) is 32.0 Å². The number of hydrogen-bond acceptors (Lipinski definition) is 3. The highest BCUT2D eigenvalue weighted by Crippen LogP contribution is 2.25. The van der Waals surface area contributed by atoms with Crippen molar-refractivity contribution in [3.05, 3.63) is 63.9 Å². The number of hydrogen-bond donors (Lipinski definition) is 2. The predicted molar refractivity (Wildman–Crippen MR) is 97.4 cm³/mol. The molecule has 0 saturated heterocycles. The van der Waals surface area contributed by atoms with Crippen LogP contribution in [0.2, 0.25) is 0 Å². The minimum Gasteiger partial charge on any atom is -0.308 e. The SMILES string of the molecule is Cl.O=S(=O)(NCC1NCCc2ccccc21)c1ccc(F)cc1Br. The largest absolute Gasteiger partial charge is 0.308 e. The smallest absolute Gasteiger partial charge is 0.241 e. The van der Waals surface area contributed by atoms with Crippen molar-refractivity contribution in [1.82, 2.24) is 10.0 Å². The molecular weight excluding hydrogens is 419 g/mol. The number of fused-ring (bicyclic) bond motifs is 1. The minimum atomic E-state index is -3.71. The van der Waals surface area contributed by atoms with Crippen molar-refractivity contribution in [2.75, 3.05) is 13.1 Å². The summed E-state index contributed by atoms with van der Waals surface area (Å²) in [5.74, 6) is -0.487. The van der Waals surface area contributed by atoms with Crippen LogP contribution in [0.5, 0.6) is 0 Å². The van der Waals surface area contributed by atoms with Gasteiger partial charge in [0.15, 0.2) is 0 Å². The molecule has 1 atom stereocenters. The zero-order valence-electron chi connectivity index (χ0n) is 12.6. The van der Waals surface area contributed by atoms with Crippen LogP contribution in [0.15, 0.2) is 51.8 Å². The average Bonchev–Trinajstić information content (AvgIpc) is 2.52. The van der Waals surface area contributed by atoms with Crippen molar-refractivity contribution in [2.45, 2.75) is 17.4 Å². The van der Waals surface area contributed by atoms with E-state index in [1.165, 1.54) is 11.6 Å². The summed E-state index contributed by atoms with van der Waals surface area (Å²) >= 11 is 3.10. The lowest BCUT2D eigenvalue weighted by Crippen LogP contribution is -2.38. The number of nitrogens with one attached hydrogen (secondary N) is 2. The molecule has 1 unspecified atom stereocenters. The summed E-state index contributed by atoms with van der Waals surface area (Å²) in [4.78, 5) is 0.0306. The van der Waals surface area contributed by atoms with Gasteiger partial charge in [0.05, 0.1) is 4.90 Å². The van der Waals surface area contributed by atoms with Gasteiger partial charge in [-0.1, -0.05) is 24.3 Å². The molecule has 1 aliphatic heterocycles. The third kappa shape index (κ3) is 4.15. The van der Waals surface area contributed by atoms with E-state index in [0.29, 0.717) is 0 Å². The van der Waals surface area contributed by atoms with Gasteiger partial charge in [-0.2, -0.15) is 0 Å². The van der Waals surface area contributed by atoms with Crippen LogP contribution < -0.4 is 10.0 Å². The molecule has 0 fully saturated rings. The molecule has 130 valence electrons. The Morgan fingerprint density at radius 3 is 2.75 bits per heavy atom. The van der Waals surface area contributed by atoms with Crippen LogP contribution >= 0.6 is 28.3 Å². The van der Waals surface area contributed by atoms with Crippen LogP contribution in [0, 0.1) is 5.82 Å². The fraction of sp³-hybridized carbons (Fsp3) is 0.250. The highest BCUT2D eigenvalue weighted by molar-refractivity contribution is 9.10. The lowest BCUT2D eigenvalue weighted by Gasteiger charge is -2.27. The van der Waals surface area contributed by atoms with Crippen LogP contribution in [-0.4, -0.2) is 21.5 Å².